The number of fused-ring (bicyclic) bond motifs is 2. The lowest BCUT2D eigenvalue weighted by Gasteiger charge is -2.23. The van der Waals surface area contributed by atoms with Gasteiger partial charge < -0.3 is 24.8 Å². The predicted octanol–water partition coefficient (Wildman–Crippen LogP) is 1.80. The van der Waals surface area contributed by atoms with Crippen molar-refractivity contribution in [2.75, 3.05) is 26.9 Å². The minimum atomic E-state index is -0.991. The zero-order chi connectivity index (χ0) is 23.5. The molecule has 1 aliphatic heterocycles. The second-order valence-corrected chi connectivity index (χ2v) is 7.80. The first-order chi connectivity index (χ1) is 16.0. The van der Waals surface area contributed by atoms with Crippen molar-refractivity contribution in [3.63, 3.8) is 0 Å². The van der Waals surface area contributed by atoms with E-state index >= 15 is 0 Å². The number of aryl methyl sites for hydroxylation is 2. The molecule has 0 aromatic heterocycles. The number of hydrogen-bond acceptors (Lipinski definition) is 6. The summed E-state index contributed by atoms with van der Waals surface area (Å²) in [6, 6.07) is 15.4. The molecule has 2 amide bonds. The van der Waals surface area contributed by atoms with E-state index in [4.69, 9.17) is 14.2 Å². The van der Waals surface area contributed by atoms with Crippen LogP contribution in [0.5, 0.6) is 5.75 Å². The summed E-state index contributed by atoms with van der Waals surface area (Å²) in [6.07, 6.45) is 1.72. The van der Waals surface area contributed by atoms with E-state index in [-0.39, 0.29) is 32.1 Å². The van der Waals surface area contributed by atoms with Crippen molar-refractivity contribution in [3.8, 4) is 5.75 Å². The number of carbonyl (C=O) groups excluding carboxylic acids is 3. The molecule has 3 rings (SSSR count). The number of nitrogens with one attached hydrogen (secondary N) is 2. The van der Waals surface area contributed by atoms with Crippen molar-refractivity contribution in [3.05, 3.63) is 65.7 Å². The Kier molecular flexibility index (Phi) is 9.26. The average Bonchev–Trinajstić information content (AvgIpc) is 2.84. The van der Waals surface area contributed by atoms with Crippen LogP contribution >= 0.6 is 0 Å². The fraction of sp³-hybridized carbons (Fsp3) is 0.400. The topological polar surface area (TPSA) is 103 Å². The molecule has 0 saturated carbocycles. The molecule has 1 aliphatic rings. The number of methoxy groups -OCH3 is 1. The van der Waals surface area contributed by atoms with Gasteiger partial charge in [-0.25, -0.2) is 4.79 Å². The Morgan fingerprint density at radius 1 is 1.03 bits per heavy atom. The fourth-order valence-electron chi connectivity index (χ4n) is 3.54. The smallest absolute Gasteiger partial charge is 0.330 e. The third kappa shape index (κ3) is 7.91. The molecular formula is C25H30N2O6. The van der Waals surface area contributed by atoms with Gasteiger partial charge in [0, 0.05) is 6.42 Å². The van der Waals surface area contributed by atoms with Gasteiger partial charge in [0.15, 0.2) is 6.04 Å². The number of amides is 2. The first-order valence-electron chi connectivity index (χ1n) is 11.1. The second-order valence-electron chi connectivity index (χ2n) is 7.80. The number of hydrogen-bond donors (Lipinski definition) is 2. The third-order valence-corrected chi connectivity index (χ3v) is 5.34. The van der Waals surface area contributed by atoms with Gasteiger partial charge in [0.2, 0.25) is 11.8 Å². The first-order valence-corrected chi connectivity index (χ1v) is 11.1. The van der Waals surface area contributed by atoms with E-state index in [1.165, 1.54) is 7.11 Å². The second kappa shape index (κ2) is 12.6. The summed E-state index contributed by atoms with van der Waals surface area (Å²) in [6.45, 7) is 0.453. The molecule has 2 N–H and O–H groups in total. The molecular weight excluding hydrogens is 424 g/mol. The van der Waals surface area contributed by atoms with Crippen molar-refractivity contribution in [1.82, 2.24) is 10.6 Å². The summed E-state index contributed by atoms with van der Waals surface area (Å²) < 4.78 is 16.0. The Morgan fingerprint density at radius 3 is 2.64 bits per heavy atom. The maximum Gasteiger partial charge on any atom is 0.330 e. The van der Waals surface area contributed by atoms with Gasteiger partial charge in [-0.2, -0.15) is 0 Å². The number of esters is 1. The molecule has 176 valence electrons. The predicted molar refractivity (Wildman–Crippen MR) is 122 cm³/mol. The molecule has 0 fully saturated rings. The van der Waals surface area contributed by atoms with Gasteiger partial charge in [0.25, 0.3) is 0 Å². The molecule has 0 unspecified atom stereocenters. The molecule has 1 heterocycles. The highest BCUT2D eigenvalue weighted by atomic mass is 16.5. The molecule has 0 aliphatic carbocycles. The SMILES string of the molecule is COC(=O)[C@@H]1COCCOc2cccc(c2)CCC(=O)N[C@@H](CCc2ccccc2)C(=O)N1. The van der Waals surface area contributed by atoms with Crippen LogP contribution in [0.1, 0.15) is 24.0 Å². The summed E-state index contributed by atoms with van der Waals surface area (Å²) in [5.41, 5.74) is 2.02. The molecule has 8 heteroatoms. The highest BCUT2D eigenvalue weighted by molar-refractivity contribution is 5.90. The molecule has 2 aromatic rings. The standard InChI is InChI=1S/C25H30N2O6/c1-31-25(30)22-17-32-14-15-33-20-9-5-8-19(16-20)11-13-23(28)26-21(24(29)27-22)12-10-18-6-3-2-4-7-18/h2-9,16,21-22H,10-15,17H2,1H3,(H,26,28)(H,27,29)/t21-,22-/m0/s1. The van der Waals surface area contributed by atoms with Crippen molar-refractivity contribution < 1.29 is 28.6 Å². The van der Waals surface area contributed by atoms with E-state index < -0.39 is 24.0 Å². The van der Waals surface area contributed by atoms with Crippen molar-refractivity contribution in [2.45, 2.75) is 37.8 Å². The van der Waals surface area contributed by atoms with Gasteiger partial charge in [0.1, 0.15) is 18.4 Å². The largest absolute Gasteiger partial charge is 0.491 e. The lowest BCUT2D eigenvalue weighted by atomic mass is 10.0. The molecule has 8 nitrogen and oxygen atoms in total. The van der Waals surface area contributed by atoms with Gasteiger partial charge in [-0.05, 0) is 42.5 Å². The van der Waals surface area contributed by atoms with Gasteiger partial charge >= 0.3 is 5.97 Å². The lowest BCUT2D eigenvalue weighted by Crippen LogP contribution is -2.53. The minimum Gasteiger partial charge on any atom is -0.491 e. The Hall–Kier alpha value is -3.39. The van der Waals surface area contributed by atoms with Crippen LogP contribution in [0, 0.1) is 0 Å². The zero-order valence-corrected chi connectivity index (χ0v) is 18.8. The van der Waals surface area contributed by atoms with E-state index in [0.717, 1.165) is 11.1 Å². The summed E-state index contributed by atoms with van der Waals surface area (Å²) >= 11 is 0. The lowest BCUT2D eigenvalue weighted by molar-refractivity contribution is -0.147. The summed E-state index contributed by atoms with van der Waals surface area (Å²) in [5.74, 6) is -0.635. The van der Waals surface area contributed by atoms with E-state index in [2.05, 4.69) is 10.6 Å². The minimum absolute atomic E-state index is 0.0683. The number of benzene rings is 2. The average molecular weight is 455 g/mol. The van der Waals surface area contributed by atoms with E-state index in [1.54, 1.807) is 0 Å². The van der Waals surface area contributed by atoms with E-state index in [0.29, 0.717) is 25.0 Å². The quantitative estimate of drug-likeness (QED) is 0.683. The first kappa shape index (κ1) is 24.3. The number of ether oxygens (including phenoxy) is 3. The van der Waals surface area contributed by atoms with Crippen LogP contribution in [-0.2, 0) is 36.7 Å². The molecule has 0 saturated heterocycles. The van der Waals surface area contributed by atoms with Crippen LogP contribution in [0.3, 0.4) is 0 Å². The van der Waals surface area contributed by atoms with Gasteiger partial charge in [0.05, 0.1) is 20.3 Å². The van der Waals surface area contributed by atoms with Crippen LogP contribution in [0.15, 0.2) is 54.6 Å². The van der Waals surface area contributed by atoms with Crippen molar-refractivity contribution in [2.24, 2.45) is 0 Å². The zero-order valence-electron chi connectivity index (χ0n) is 18.8. The number of rotatable bonds is 4. The van der Waals surface area contributed by atoms with Crippen molar-refractivity contribution >= 4 is 17.8 Å². The molecule has 2 atom stereocenters. The van der Waals surface area contributed by atoms with Crippen LogP contribution in [-0.4, -0.2) is 56.8 Å². The molecule has 2 bridgehead atoms. The van der Waals surface area contributed by atoms with Crippen LogP contribution in [0.25, 0.3) is 0 Å². The van der Waals surface area contributed by atoms with Crippen LogP contribution in [0.4, 0.5) is 0 Å². The normalized spacial score (nSPS) is 20.2. The highest BCUT2D eigenvalue weighted by Gasteiger charge is 2.27. The van der Waals surface area contributed by atoms with Gasteiger partial charge in [-0.1, -0.05) is 42.5 Å². The monoisotopic (exact) mass is 454 g/mol. The third-order valence-electron chi connectivity index (χ3n) is 5.34. The summed E-state index contributed by atoms with van der Waals surface area (Å²) in [4.78, 5) is 37.9. The van der Waals surface area contributed by atoms with Crippen molar-refractivity contribution in [1.29, 1.82) is 0 Å². The molecule has 0 radical (unpaired) electrons. The fourth-order valence-corrected chi connectivity index (χ4v) is 3.54. The van der Waals surface area contributed by atoms with Crippen LogP contribution in [0.2, 0.25) is 0 Å². The highest BCUT2D eigenvalue weighted by Crippen LogP contribution is 2.15. The van der Waals surface area contributed by atoms with E-state index in [1.807, 2.05) is 54.6 Å². The Bertz CT molecular complexity index is 934. The maximum atomic E-state index is 13.0. The van der Waals surface area contributed by atoms with Gasteiger partial charge in [-0.3, -0.25) is 9.59 Å². The molecule has 33 heavy (non-hydrogen) atoms. The van der Waals surface area contributed by atoms with Gasteiger partial charge in [-0.15, -0.1) is 0 Å². The Morgan fingerprint density at radius 2 is 1.85 bits per heavy atom. The molecule has 2 aromatic carbocycles. The van der Waals surface area contributed by atoms with E-state index in [9.17, 15) is 14.4 Å². The number of carbonyl (C=O) groups is 3. The summed E-state index contributed by atoms with van der Waals surface area (Å²) in [7, 11) is 1.25. The Labute approximate surface area is 193 Å². The molecule has 0 spiro atoms. The Balaban J connectivity index is 1.76. The summed E-state index contributed by atoms with van der Waals surface area (Å²) in [5, 5.41) is 5.50. The maximum absolute atomic E-state index is 13.0. The van der Waals surface area contributed by atoms with Crippen LogP contribution < -0.4 is 15.4 Å².